The molecule has 0 aliphatic carbocycles. The number of rotatable bonds is 2. The molecule has 21 heavy (non-hydrogen) atoms. The molecule has 1 amide bonds. The lowest BCUT2D eigenvalue weighted by Gasteiger charge is -2.24. The van der Waals surface area contributed by atoms with Crippen LogP contribution >= 0.6 is 15.9 Å². The summed E-state index contributed by atoms with van der Waals surface area (Å²) >= 11 is 3.22. The van der Waals surface area contributed by atoms with Crippen molar-refractivity contribution in [3.8, 4) is 5.88 Å². The van der Waals surface area contributed by atoms with Crippen molar-refractivity contribution in [2.75, 3.05) is 18.8 Å². The van der Waals surface area contributed by atoms with E-state index in [1.54, 1.807) is 4.90 Å². The second-order valence-corrected chi connectivity index (χ2v) is 6.65. The molecule has 1 aromatic heterocycles. The first-order valence-corrected chi connectivity index (χ1v) is 7.46. The molecule has 7 nitrogen and oxygen atoms in total. The number of nitrogens with zero attached hydrogens (tertiary/aromatic N) is 3. The van der Waals surface area contributed by atoms with Gasteiger partial charge in [0, 0.05) is 13.0 Å². The Morgan fingerprint density at radius 1 is 1.52 bits per heavy atom. The van der Waals surface area contributed by atoms with Gasteiger partial charge in [0.25, 0.3) is 5.88 Å². The van der Waals surface area contributed by atoms with Gasteiger partial charge in [0.1, 0.15) is 16.3 Å². The molecule has 1 saturated heterocycles. The summed E-state index contributed by atoms with van der Waals surface area (Å²) in [4.78, 5) is 21.7. The maximum Gasteiger partial charge on any atom is 0.410 e. The Hall–Kier alpha value is -1.57. The Labute approximate surface area is 132 Å². The number of amides is 1. The quantitative estimate of drug-likeness (QED) is 0.871. The third-order valence-electron chi connectivity index (χ3n) is 2.81. The van der Waals surface area contributed by atoms with Crippen molar-refractivity contribution >= 4 is 27.8 Å². The predicted octanol–water partition coefficient (Wildman–Crippen LogP) is 2.21. The third kappa shape index (κ3) is 4.45. The maximum absolute atomic E-state index is 12.0. The highest BCUT2D eigenvalue weighted by atomic mass is 79.9. The highest BCUT2D eigenvalue weighted by Gasteiger charge is 2.31. The summed E-state index contributed by atoms with van der Waals surface area (Å²) in [7, 11) is 0. The van der Waals surface area contributed by atoms with Gasteiger partial charge in [-0.3, -0.25) is 0 Å². The van der Waals surface area contributed by atoms with Gasteiger partial charge in [0.2, 0.25) is 0 Å². The van der Waals surface area contributed by atoms with Crippen LogP contribution in [-0.4, -0.2) is 45.8 Å². The number of aromatic nitrogens is 2. The van der Waals surface area contributed by atoms with Crippen molar-refractivity contribution in [3.63, 3.8) is 0 Å². The zero-order valence-corrected chi connectivity index (χ0v) is 13.9. The van der Waals surface area contributed by atoms with E-state index in [2.05, 4.69) is 25.9 Å². The summed E-state index contributed by atoms with van der Waals surface area (Å²) in [6, 6.07) is 0. The minimum atomic E-state index is -0.504. The fraction of sp³-hybridized carbons (Fsp3) is 0.615. The van der Waals surface area contributed by atoms with E-state index in [-0.39, 0.29) is 23.9 Å². The molecule has 0 unspecified atom stereocenters. The Bertz CT molecular complexity index is 533. The standard InChI is InChI=1S/C13H19BrN4O3/c1-13(2,3)21-12(19)18-5-4-8(7-18)20-11-10(15)16-6-9(14)17-11/h6,8H,4-5,7H2,1-3H3,(H2,15,16)/t8-/m1/s1. The van der Waals surface area contributed by atoms with E-state index in [0.717, 1.165) is 0 Å². The summed E-state index contributed by atoms with van der Waals surface area (Å²) in [6.07, 6.45) is 1.71. The first-order chi connectivity index (χ1) is 9.74. The lowest BCUT2D eigenvalue weighted by molar-refractivity contribution is 0.0275. The van der Waals surface area contributed by atoms with Gasteiger partial charge in [0.05, 0.1) is 12.7 Å². The van der Waals surface area contributed by atoms with E-state index < -0.39 is 5.60 Å². The van der Waals surface area contributed by atoms with Gasteiger partial charge in [-0.1, -0.05) is 0 Å². The van der Waals surface area contributed by atoms with Crippen LogP contribution in [0.1, 0.15) is 27.2 Å². The van der Waals surface area contributed by atoms with Gasteiger partial charge < -0.3 is 20.1 Å². The molecule has 0 aromatic carbocycles. The van der Waals surface area contributed by atoms with Gasteiger partial charge in [-0.15, -0.1) is 0 Å². The van der Waals surface area contributed by atoms with Crippen molar-refractivity contribution in [1.82, 2.24) is 14.9 Å². The van der Waals surface area contributed by atoms with Crippen molar-refractivity contribution < 1.29 is 14.3 Å². The number of hydrogen-bond acceptors (Lipinski definition) is 6. The number of ether oxygens (including phenoxy) is 2. The van der Waals surface area contributed by atoms with Gasteiger partial charge in [-0.25, -0.2) is 14.8 Å². The Morgan fingerprint density at radius 3 is 2.90 bits per heavy atom. The molecule has 0 radical (unpaired) electrons. The van der Waals surface area contributed by atoms with Crippen LogP contribution in [0, 0.1) is 0 Å². The van der Waals surface area contributed by atoms with Crippen LogP contribution in [0.3, 0.4) is 0 Å². The largest absolute Gasteiger partial charge is 0.470 e. The zero-order chi connectivity index (χ0) is 15.6. The van der Waals surface area contributed by atoms with Crippen LogP contribution in [-0.2, 0) is 4.74 Å². The Balaban J connectivity index is 1.93. The summed E-state index contributed by atoms with van der Waals surface area (Å²) < 4.78 is 11.6. The second kappa shape index (κ2) is 6.05. The lowest BCUT2D eigenvalue weighted by atomic mass is 10.2. The summed E-state index contributed by atoms with van der Waals surface area (Å²) in [6.45, 7) is 6.55. The number of anilines is 1. The molecule has 116 valence electrons. The molecule has 0 saturated carbocycles. The average Bonchev–Trinajstić information content (AvgIpc) is 2.80. The minimum absolute atomic E-state index is 0.164. The fourth-order valence-electron chi connectivity index (χ4n) is 1.92. The summed E-state index contributed by atoms with van der Waals surface area (Å²) in [5, 5.41) is 0. The highest BCUT2D eigenvalue weighted by molar-refractivity contribution is 9.10. The number of hydrogen-bond donors (Lipinski definition) is 1. The predicted molar refractivity (Wildman–Crippen MR) is 81.0 cm³/mol. The van der Waals surface area contributed by atoms with Crippen molar-refractivity contribution in [1.29, 1.82) is 0 Å². The summed E-state index contributed by atoms with van der Waals surface area (Å²) in [5.74, 6) is 0.509. The van der Waals surface area contributed by atoms with Crippen molar-refractivity contribution in [3.05, 3.63) is 10.8 Å². The molecule has 2 heterocycles. The molecule has 0 spiro atoms. The molecule has 1 aliphatic rings. The molecule has 2 N–H and O–H groups in total. The average molecular weight is 359 g/mol. The van der Waals surface area contributed by atoms with E-state index in [1.807, 2.05) is 20.8 Å². The van der Waals surface area contributed by atoms with E-state index >= 15 is 0 Å². The van der Waals surface area contributed by atoms with E-state index in [4.69, 9.17) is 15.2 Å². The fourth-order valence-corrected chi connectivity index (χ4v) is 2.19. The third-order valence-corrected chi connectivity index (χ3v) is 3.19. The minimum Gasteiger partial charge on any atom is -0.470 e. The number of nitrogen functional groups attached to an aromatic ring is 1. The zero-order valence-electron chi connectivity index (χ0n) is 12.3. The maximum atomic E-state index is 12.0. The van der Waals surface area contributed by atoms with Gasteiger partial charge in [-0.05, 0) is 36.7 Å². The van der Waals surface area contributed by atoms with Crippen LogP contribution in [0.2, 0.25) is 0 Å². The molecule has 2 rings (SSSR count). The monoisotopic (exact) mass is 358 g/mol. The first kappa shape index (κ1) is 15.8. The van der Waals surface area contributed by atoms with Crippen LogP contribution < -0.4 is 10.5 Å². The number of likely N-dealkylation sites (tertiary alicyclic amines) is 1. The highest BCUT2D eigenvalue weighted by Crippen LogP contribution is 2.23. The normalized spacial score (nSPS) is 18.7. The number of carbonyl (C=O) groups is 1. The van der Waals surface area contributed by atoms with E-state index in [1.165, 1.54) is 6.20 Å². The van der Waals surface area contributed by atoms with Gasteiger partial charge in [-0.2, -0.15) is 0 Å². The van der Waals surface area contributed by atoms with Gasteiger partial charge >= 0.3 is 6.09 Å². The molecule has 1 atom stereocenters. The first-order valence-electron chi connectivity index (χ1n) is 6.67. The topological polar surface area (TPSA) is 90.6 Å². The Kier molecular flexibility index (Phi) is 4.55. The molecule has 1 aliphatic heterocycles. The molecule has 1 fully saturated rings. The van der Waals surface area contributed by atoms with E-state index in [9.17, 15) is 4.79 Å². The number of halogens is 1. The van der Waals surface area contributed by atoms with Crippen LogP contribution in [0.5, 0.6) is 5.88 Å². The van der Waals surface area contributed by atoms with Crippen LogP contribution in [0.4, 0.5) is 10.6 Å². The molecular weight excluding hydrogens is 340 g/mol. The smallest absolute Gasteiger partial charge is 0.410 e. The van der Waals surface area contributed by atoms with Gasteiger partial charge in [0.15, 0.2) is 5.82 Å². The lowest BCUT2D eigenvalue weighted by Crippen LogP contribution is -2.36. The molecule has 0 bridgehead atoms. The SMILES string of the molecule is CC(C)(C)OC(=O)N1CC[C@@H](Oc2nc(Br)cnc2N)C1. The molecule has 1 aromatic rings. The Morgan fingerprint density at radius 2 is 2.24 bits per heavy atom. The van der Waals surface area contributed by atoms with Crippen LogP contribution in [0.25, 0.3) is 0 Å². The number of nitrogens with two attached hydrogens (primary N) is 1. The van der Waals surface area contributed by atoms with Crippen molar-refractivity contribution in [2.45, 2.75) is 38.9 Å². The molecule has 8 heteroatoms. The van der Waals surface area contributed by atoms with Crippen LogP contribution in [0.15, 0.2) is 10.8 Å². The second-order valence-electron chi connectivity index (χ2n) is 5.84. The van der Waals surface area contributed by atoms with Crippen molar-refractivity contribution in [2.24, 2.45) is 0 Å². The van der Waals surface area contributed by atoms with E-state index in [0.29, 0.717) is 24.1 Å². The number of carbonyl (C=O) groups excluding carboxylic acids is 1. The summed E-state index contributed by atoms with van der Waals surface area (Å²) in [5.41, 5.74) is 5.22. The molecular formula is C13H19BrN4O3.